The van der Waals surface area contributed by atoms with Gasteiger partial charge in [-0.1, -0.05) is 11.8 Å². The van der Waals surface area contributed by atoms with Crippen LogP contribution < -0.4 is 20.5 Å². The number of hydrogen-bond acceptors (Lipinski definition) is 8. The minimum absolute atomic E-state index is 0.221. The highest BCUT2D eigenvalue weighted by atomic mass is 32.2. The molecule has 0 aliphatic heterocycles. The molecule has 1 atom stereocenters. The highest BCUT2D eigenvalue weighted by Gasteiger charge is 2.27. The average Bonchev–Trinajstić information content (AvgIpc) is 3.47. The number of nitrogens with zero attached hydrogens (tertiary/aromatic N) is 3. The van der Waals surface area contributed by atoms with E-state index in [9.17, 15) is 9.59 Å². The number of ether oxygens (including phenoxy) is 2. The van der Waals surface area contributed by atoms with Crippen molar-refractivity contribution in [2.75, 3.05) is 12.4 Å². The first-order valence-corrected chi connectivity index (χ1v) is 12.1. The molecule has 0 saturated carbocycles. The first-order chi connectivity index (χ1) is 15.9. The maximum absolute atomic E-state index is 12.8. The summed E-state index contributed by atoms with van der Waals surface area (Å²) in [4.78, 5) is 25.9. The fraction of sp³-hybridized carbons (Fsp3) is 0.364. The summed E-state index contributed by atoms with van der Waals surface area (Å²) in [5.74, 6) is 1.35. The number of carbonyl (C=O) groups excluding carboxylic acids is 2. The van der Waals surface area contributed by atoms with Crippen LogP contribution in [0.2, 0.25) is 0 Å². The van der Waals surface area contributed by atoms with Crippen LogP contribution in [0.25, 0.3) is 0 Å². The van der Waals surface area contributed by atoms with E-state index in [1.165, 1.54) is 23.1 Å². The number of aromatic nitrogens is 3. The number of amides is 2. The molecule has 2 aromatic heterocycles. The predicted octanol–water partition coefficient (Wildman–Crippen LogP) is 3.17. The number of primary amides is 1. The summed E-state index contributed by atoms with van der Waals surface area (Å²) in [6, 6.07) is 7.27. The average molecular weight is 488 g/mol. The standard InChI is InChI=1S/C22H25N5O4S2/c1-12(20(29)24-21-18(19(23)28)15-5-4-6-16(15)33-21)32-22-26-25-17(27(22)2)11-31-14-9-7-13(30-3)8-10-14/h7-10,12H,4-6,11H2,1-3H3,(H2,23,28)(H,24,29). The second-order valence-electron chi connectivity index (χ2n) is 7.60. The number of fused-ring (bicyclic) bond motifs is 1. The third kappa shape index (κ3) is 4.98. The molecule has 3 N–H and O–H groups in total. The van der Waals surface area contributed by atoms with Gasteiger partial charge in [-0.25, -0.2) is 0 Å². The van der Waals surface area contributed by atoms with Gasteiger partial charge in [0.25, 0.3) is 5.91 Å². The Balaban J connectivity index is 1.37. The highest BCUT2D eigenvalue weighted by molar-refractivity contribution is 8.00. The molecule has 3 aromatic rings. The zero-order valence-electron chi connectivity index (χ0n) is 18.6. The molecule has 2 amide bonds. The lowest BCUT2D eigenvalue weighted by molar-refractivity contribution is -0.115. The number of thiophene rings is 1. The molecule has 1 unspecified atom stereocenters. The smallest absolute Gasteiger partial charge is 0.251 e. The fourth-order valence-corrected chi connectivity index (χ4v) is 5.70. The van der Waals surface area contributed by atoms with Gasteiger partial charge in [0.15, 0.2) is 11.0 Å². The quantitative estimate of drug-likeness (QED) is 0.445. The van der Waals surface area contributed by atoms with E-state index in [1.807, 2.05) is 31.3 Å². The largest absolute Gasteiger partial charge is 0.497 e. The van der Waals surface area contributed by atoms with Crippen LogP contribution in [0, 0.1) is 0 Å². The number of nitrogens with one attached hydrogen (secondary N) is 1. The number of hydrogen-bond donors (Lipinski definition) is 2. The number of thioether (sulfide) groups is 1. The summed E-state index contributed by atoms with van der Waals surface area (Å²) in [5, 5.41) is 11.9. The van der Waals surface area contributed by atoms with Crippen LogP contribution in [0.1, 0.15) is 40.0 Å². The molecule has 174 valence electrons. The molecule has 0 fully saturated rings. The molecular weight excluding hydrogens is 462 g/mol. The number of benzene rings is 1. The van der Waals surface area contributed by atoms with E-state index in [1.54, 1.807) is 18.6 Å². The first-order valence-electron chi connectivity index (χ1n) is 10.4. The van der Waals surface area contributed by atoms with Crippen LogP contribution in [0.3, 0.4) is 0 Å². The summed E-state index contributed by atoms with van der Waals surface area (Å²) >= 11 is 2.73. The Kier molecular flexibility index (Phi) is 6.89. The lowest BCUT2D eigenvalue weighted by Gasteiger charge is -2.12. The molecule has 1 aromatic carbocycles. The minimum Gasteiger partial charge on any atom is -0.497 e. The third-order valence-electron chi connectivity index (χ3n) is 5.41. The van der Waals surface area contributed by atoms with Gasteiger partial charge in [0, 0.05) is 11.9 Å². The van der Waals surface area contributed by atoms with Crippen LogP contribution in [0.4, 0.5) is 5.00 Å². The maximum Gasteiger partial charge on any atom is 0.251 e. The third-order valence-corrected chi connectivity index (χ3v) is 7.75. The Labute approximate surface area is 199 Å². The molecule has 11 heteroatoms. The lowest BCUT2D eigenvalue weighted by atomic mass is 10.1. The molecule has 4 rings (SSSR count). The van der Waals surface area contributed by atoms with Crippen molar-refractivity contribution in [1.82, 2.24) is 14.8 Å². The van der Waals surface area contributed by atoms with Gasteiger partial charge < -0.3 is 25.1 Å². The molecule has 33 heavy (non-hydrogen) atoms. The van der Waals surface area contributed by atoms with Gasteiger partial charge in [0.05, 0.1) is 17.9 Å². The van der Waals surface area contributed by atoms with Crippen LogP contribution in [-0.4, -0.2) is 38.9 Å². The molecule has 2 heterocycles. The number of carbonyl (C=O) groups is 2. The van der Waals surface area contributed by atoms with E-state index in [0.29, 0.717) is 27.3 Å². The van der Waals surface area contributed by atoms with Crippen LogP contribution in [0.15, 0.2) is 29.4 Å². The Morgan fingerprint density at radius 3 is 2.67 bits per heavy atom. The Morgan fingerprint density at radius 2 is 1.97 bits per heavy atom. The van der Waals surface area contributed by atoms with Crippen molar-refractivity contribution in [3.05, 3.63) is 46.1 Å². The van der Waals surface area contributed by atoms with Crippen LogP contribution in [0.5, 0.6) is 11.5 Å². The second kappa shape index (κ2) is 9.84. The molecule has 1 aliphatic rings. The second-order valence-corrected chi connectivity index (χ2v) is 10.0. The first kappa shape index (κ1) is 23.1. The van der Waals surface area contributed by atoms with E-state index in [-0.39, 0.29) is 12.5 Å². The van der Waals surface area contributed by atoms with Crippen molar-refractivity contribution >= 4 is 39.9 Å². The van der Waals surface area contributed by atoms with E-state index in [4.69, 9.17) is 15.2 Å². The lowest BCUT2D eigenvalue weighted by Crippen LogP contribution is -2.24. The van der Waals surface area contributed by atoms with Gasteiger partial charge in [-0.2, -0.15) is 0 Å². The van der Waals surface area contributed by atoms with Gasteiger partial charge in [0.2, 0.25) is 5.91 Å². The summed E-state index contributed by atoms with van der Waals surface area (Å²) in [7, 11) is 3.44. The Hall–Kier alpha value is -3.05. The molecule has 9 nitrogen and oxygen atoms in total. The summed E-state index contributed by atoms with van der Waals surface area (Å²) < 4.78 is 12.7. The number of methoxy groups -OCH3 is 1. The highest BCUT2D eigenvalue weighted by Crippen LogP contribution is 2.39. The number of anilines is 1. The van der Waals surface area contributed by atoms with Crippen molar-refractivity contribution in [1.29, 1.82) is 0 Å². The number of rotatable bonds is 9. The molecule has 1 aliphatic carbocycles. The van der Waals surface area contributed by atoms with Gasteiger partial charge in [0.1, 0.15) is 23.1 Å². The SMILES string of the molecule is COc1ccc(OCc2nnc(SC(C)C(=O)Nc3sc4c(c3C(N)=O)CCC4)n2C)cc1. The Morgan fingerprint density at radius 1 is 1.24 bits per heavy atom. The molecular formula is C22H25N5O4S2. The maximum atomic E-state index is 12.8. The summed E-state index contributed by atoms with van der Waals surface area (Å²) in [5.41, 5.74) is 7.02. The molecule has 0 bridgehead atoms. The van der Waals surface area contributed by atoms with Gasteiger partial charge in [-0.3, -0.25) is 9.59 Å². The Bertz CT molecular complexity index is 1170. The van der Waals surface area contributed by atoms with E-state index in [0.717, 1.165) is 35.5 Å². The van der Waals surface area contributed by atoms with Crippen molar-refractivity contribution in [3.8, 4) is 11.5 Å². The monoisotopic (exact) mass is 487 g/mol. The van der Waals surface area contributed by atoms with E-state index >= 15 is 0 Å². The number of nitrogens with two attached hydrogens (primary N) is 1. The van der Waals surface area contributed by atoms with Crippen molar-refractivity contribution in [3.63, 3.8) is 0 Å². The van der Waals surface area contributed by atoms with E-state index in [2.05, 4.69) is 15.5 Å². The summed E-state index contributed by atoms with van der Waals surface area (Å²) in [6.07, 6.45) is 2.75. The number of aryl methyl sites for hydroxylation is 1. The predicted molar refractivity (Wildman–Crippen MR) is 127 cm³/mol. The zero-order chi connectivity index (χ0) is 23.5. The van der Waals surface area contributed by atoms with Gasteiger partial charge >= 0.3 is 0 Å². The van der Waals surface area contributed by atoms with Crippen LogP contribution >= 0.6 is 23.1 Å². The topological polar surface area (TPSA) is 121 Å². The van der Waals surface area contributed by atoms with Crippen LogP contribution in [-0.2, 0) is 31.3 Å². The van der Waals surface area contributed by atoms with E-state index < -0.39 is 11.2 Å². The minimum atomic E-state index is -0.500. The van der Waals surface area contributed by atoms with Gasteiger partial charge in [-0.15, -0.1) is 21.5 Å². The van der Waals surface area contributed by atoms with Crippen molar-refractivity contribution in [2.45, 2.75) is 43.2 Å². The fourth-order valence-electron chi connectivity index (χ4n) is 3.57. The summed E-state index contributed by atoms with van der Waals surface area (Å²) in [6.45, 7) is 2.02. The van der Waals surface area contributed by atoms with Gasteiger partial charge in [-0.05, 0) is 56.0 Å². The van der Waals surface area contributed by atoms with Crippen molar-refractivity contribution < 1.29 is 19.1 Å². The molecule has 0 radical (unpaired) electrons. The van der Waals surface area contributed by atoms with Crippen molar-refractivity contribution in [2.24, 2.45) is 12.8 Å². The molecule has 0 spiro atoms. The molecule has 0 saturated heterocycles. The normalized spacial score (nSPS) is 13.4. The zero-order valence-corrected chi connectivity index (χ0v) is 20.2.